The first kappa shape index (κ1) is 14.0. The molecule has 0 saturated carbocycles. The Bertz CT molecular complexity index is 372. The number of aromatic nitrogens is 3. The third-order valence-corrected chi connectivity index (χ3v) is 2.72. The summed E-state index contributed by atoms with van der Waals surface area (Å²) in [5.74, 6) is 1.15. The summed E-state index contributed by atoms with van der Waals surface area (Å²) in [6, 6.07) is 0.571. The van der Waals surface area contributed by atoms with E-state index < -0.39 is 0 Å². The molecule has 6 heteroatoms. The summed E-state index contributed by atoms with van der Waals surface area (Å²) in [7, 11) is 3.45. The summed E-state index contributed by atoms with van der Waals surface area (Å²) in [6.45, 7) is 6.50. The minimum absolute atomic E-state index is 0.149. The van der Waals surface area contributed by atoms with Crippen LogP contribution in [0.25, 0.3) is 0 Å². The van der Waals surface area contributed by atoms with Crippen LogP contribution < -0.4 is 9.64 Å². The van der Waals surface area contributed by atoms with E-state index in [9.17, 15) is 0 Å². The zero-order chi connectivity index (χ0) is 13.0. The second-order valence-corrected chi connectivity index (χ2v) is 4.82. The maximum Gasteiger partial charge on any atom is 0.322 e. The molecule has 0 aromatic carbocycles. The predicted molar refractivity (Wildman–Crippen MR) is 68.7 cm³/mol. The SMILES string of the molecule is COc1nc(Cl)nc(N(C)C(C)CC(C)C)n1. The molecule has 0 N–H and O–H groups in total. The highest BCUT2D eigenvalue weighted by Gasteiger charge is 2.16. The van der Waals surface area contributed by atoms with Crippen LogP contribution in [-0.2, 0) is 0 Å². The Morgan fingerprint density at radius 2 is 1.88 bits per heavy atom. The first-order valence-electron chi connectivity index (χ1n) is 5.62. The second kappa shape index (κ2) is 6.00. The molecular weight excluding hydrogens is 240 g/mol. The normalized spacial score (nSPS) is 12.6. The van der Waals surface area contributed by atoms with Crippen molar-refractivity contribution in [3.8, 4) is 6.01 Å². The van der Waals surface area contributed by atoms with Crippen molar-refractivity contribution in [3.05, 3.63) is 5.28 Å². The van der Waals surface area contributed by atoms with E-state index in [4.69, 9.17) is 16.3 Å². The summed E-state index contributed by atoms with van der Waals surface area (Å²) in [4.78, 5) is 14.1. The molecule has 0 saturated heterocycles. The fourth-order valence-corrected chi connectivity index (χ4v) is 1.76. The van der Waals surface area contributed by atoms with E-state index in [2.05, 4.69) is 35.7 Å². The van der Waals surface area contributed by atoms with Gasteiger partial charge in [-0.15, -0.1) is 0 Å². The molecule has 0 aliphatic rings. The third-order valence-electron chi connectivity index (χ3n) is 2.55. The largest absolute Gasteiger partial charge is 0.467 e. The van der Waals surface area contributed by atoms with Crippen molar-refractivity contribution in [2.45, 2.75) is 33.2 Å². The summed E-state index contributed by atoms with van der Waals surface area (Å²) in [5, 5.41) is 0.149. The highest BCUT2D eigenvalue weighted by atomic mass is 35.5. The van der Waals surface area contributed by atoms with E-state index in [1.54, 1.807) is 0 Å². The minimum atomic E-state index is 0.149. The van der Waals surface area contributed by atoms with Gasteiger partial charge in [0.1, 0.15) is 0 Å². The van der Waals surface area contributed by atoms with Crippen LogP contribution in [0.5, 0.6) is 6.01 Å². The van der Waals surface area contributed by atoms with E-state index in [0.29, 0.717) is 17.9 Å². The number of nitrogens with zero attached hydrogens (tertiary/aromatic N) is 4. The van der Waals surface area contributed by atoms with E-state index in [0.717, 1.165) is 6.42 Å². The molecular formula is C11H19ClN4O. The molecule has 0 radical (unpaired) electrons. The Morgan fingerprint density at radius 1 is 1.24 bits per heavy atom. The average molecular weight is 259 g/mol. The molecule has 1 aromatic heterocycles. The molecule has 0 spiro atoms. The van der Waals surface area contributed by atoms with Crippen LogP contribution in [0.2, 0.25) is 5.28 Å². The smallest absolute Gasteiger partial charge is 0.322 e. The Kier molecular flexibility index (Phi) is 4.93. The van der Waals surface area contributed by atoms with Gasteiger partial charge in [-0.05, 0) is 30.9 Å². The van der Waals surface area contributed by atoms with Gasteiger partial charge in [-0.2, -0.15) is 15.0 Å². The number of rotatable bonds is 5. The zero-order valence-electron chi connectivity index (χ0n) is 10.9. The lowest BCUT2D eigenvalue weighted by Crippen LogP contribution is -2.31. The maximum absolute atomic E-state index is 5.81. The molecule has 0 aliphatic heterocycles. The minimum Gasteiger partial charge on any atom is -0.467 e. The Morgan fingerprint density at radius 3 is 2.41 bits per heavy atom. The number of ether oxygens (including phenoxy) is 1. The van der Waals surface area contributed by atoms with Gasteiger partial charge in [-0.25, -0.2) is 0 Å². The van der Waals surface area contributed by atoms with Crippen LogP contribution in [0.3, 0.4) is 0 Å². The molecule has 1 atom stereocenters. The molecule has 96 valence electrons. The van der Waals surface area contributed by atoms with Crippen molar-refractivity contribution in [1.82, 2.24) is 15.0 Å². The van der Waals surface area contributed by atoms with Crippen LogP contribution in [0.4, 0.5) is 5.95 Å². The van der Waals surface area contributed by atoms with Gasteiger partial charge in [-0.3, -0.25) is 0 Å². The number of methoxy groups -OCH3 is 1. The van der Waals surface area contributed by atoms with Crippen molar-refractivity contribution in [3.63, 3.8) is 0 Å². The van der Waals surface area contributed by atoms with Crippen molar-refractivity contribution in [2.75, 3.05) is 19.1 Å². The maximum atomic E-state index is 5.81. The quantitative estimate of drug-likeness (QED) is 0.812. The van der Waals surface area contributed by atoms with E-state index >= 15 is 0 Å². The van der Waals surface area contributed by atoms with Crippen molar-refractivity contribution in [2.24, 2.45) is 5.92 Å². The van der Waals surface area contributed by atoms with Crippen molar-refractivity contribution in [1.29, 1.82) is 0 Å². The van der Waals surface area contributed by atoms with Gasteiger partial charge < -0.3 is 9.64 Å². The number of halogens is 1. The molecule has 0 amide bonds. The van der Waals surface area contributed by atoms with Crippen LogP contribution in [-0.4, -0.2) is 35.2 Å². The summed E-state index contributed by atoms with van der Waals surface area (Å²) in [5.41, 5.74) is 0. The molecule has 1 heterocycles. The fourth-order valence-electron chi connectivity index (χ4n) is 1.61. The molecule has 1 rings (SSSR count). The molecule has 0 fully saturated rings. The van der Waals surface area contributed by atoms with Crippen molar-refractivity contribution >= 4 is 17.5 Å². The monoisotopic (exact) mass is 258 g/mol. The topological polar surface area (TPSA) is 51.1 Å². The number of hydrogen-bond acceptors (Lipinski definition) is 5. The summed E-state index contributed by atoms with van der Waals surface area (Å²) in [6.07, 6.45) is 1.06. The number of anilines is 1. The van der Waals surface area contributed by atoms with Gasteiger partial charge in [0.2, 0.25) is 11.2 Å². The van der Waals surface area contributed by atoms with E-state index in [1.165, 1.54) is 7.11 Å². The second-order valence-electron chi connectivity index (χ2n) is 4.48. The molecule has 0 aliphatic carbocycles. The highest BCUT2D eigenvalue weighted by Crippen LogP contribution is 2.18. The predicted octanol–water partition coefficient (Wildman–Crippen LogP) is 2.40. The Hall–Kier alpha value is -1.10. The fraction of sp³-hybridized carbons (Fsp3) is 0.727. The van der Waals surface area contributed by atoms with Gasteiger partial charge in [0.25, 0.3) is 0 Å². The van der Waals surface area contributed by atoms with E-state index in [1.807, 2.05) is 11.9 Å². The average Bonchev–Trinajstić information content (AvgIpc) is 2.26. The van der Waals surface area contributed by atoms with E-state index in [-0.39, 0.29) is 11.3 Å². The van der Waals surface area contributed by atoms with Crippen LogP contribution in [0.15, 0.2) is 0 Å². The lowest BCUT2D eigenvalue weighted by molar-refractivity contribution is 0.377. The lowest BCUT2D eigenvalue weighted by Gasteiger charge is -2.26. The zero-order valence-corrected chi connectivity index (χ0v) is 11.7. The van der Waals surface area contributed by atoms with Gasteiger partial charge in [0.05, 0.1) is 7.11 Å². The van der Waals surface area contributed by atoms with Gasteiger partial charge >= 0.3 is 6.01 Å². The Balaban J connectivity index is 2.87. The number of hydrogen-bond donors (Lipinski definition) is 0. The lowest BCUT2D eigenvalue weighted by atomic mass is 10.0. The van der Waals surface area contributed by atoms with Gasteiger partial charge in [0.15, 0.2) is 0 Å². The van der Waals surface area contributed by atoms with Gasteiger partial charge in [0, 0.05) is 13.1 Å². The molecule has 17 heavy (non-hydrogen) atoms. The highest BCUT2D eigenvalue weighted by molar-refractivity contribution is 6.28. The standard InChI is InChI=1S/C11H19ClN4O/c1-7(2)6-8(3)16(4)10-13-9(12)14-11(15-10)17-5/h7-8H,6H2,1-5H3. The van der Waals surface area contributed by atoms with Crippen LogP contribution in [0, 0.1) is 5.92 Å². The first-order chi connectivity index (χ1) is 7.93. The van der Waals surface area contributed by atoms with Gasteiger partial charge in [-0.1, -0.05) is 13.8 Å². The summed E-state index contributed by atoms with van der Waals surface area (Å²) >= 11 is 5.81. The molecule has 1 unspecified atom stereocenters. The molecule has 1 aromatic rings. The first-order valence-corrected chi connectivity index (χ1v) is 6.00. The summed E-state index contributed by atoms with van der Waals surface area (Å²) < 4.78 is 4.97. The molecule has 0 bridgehead atoms. The van der Waals surface area contributed by atoms with Crippen LogP contribution in [0.1, 0.15) is 27.2 Å². The van der Waals surface area contributed by atoms with Crippen LogP contribution >= 0.6 is 11.6 Å². The van der Waals surface area contributed by atoms with Crippen molar-refractivity contribution < 1.29 is 4.74 Å². The Labute approximate surface area is 107 Å². The third kappa shape index (κ3) is 4.00. The molecule has 5 nitrogen and oxygen atoms in total.